The third-order valence-corrected chi connectivity index (χ3v) is 8.08. The van der Waals surface area contributed by atoms with Crippen molar-refractivity contribution in [1.82, 2.24) is 10.6 Å². The molecule has 0 aromatic heterocycles. The Balaban J connectivity index is 2.11. The number of amides is 1. The molecular weight excluding hydrogens is 517 g/mol. The fourth-order valence-corrected chi connectivity index (χ4v) is 6.11. The third-order valence-electron chi connectivity index (χ3n) is 6.56. The molecule has 194 valence electrons. The molecule has 1 heterocycles. The van der Waals surface area contributed by atoms with E-state index in [1.807, 2.05) is 24.3 Å². The van der Waals surface area contributed by atoms with Gasteiger partial charge in [-0.25, -0.2) is 8.42 Å². The predicted molar refractivity (Wildman–Crippen MR) is 145 cm³/mol. The number of sulfone groups is 1. The maximum absolute atomic E-state index is 13.6. The van der Waals surface area contributed by atoms with E-state index in [1.54, 1.807) is 24.3 Å². The predicted octanol–water partition coefficient (Wildman–Crippen LogP) is 4.87. The van der Waals surface area contributed by atoms with E-state index in [-0.39, 0.29) is 29.7 Å². The highest BCUT2D eigenvalue weighted by Crippen LogP contribution is 2.51. The van der Waals surface area contributed by atoms with Gasteiger partial charge in [0.25, 0.3) is 0 Å². The summed E-state index contributed by atoms with van der Waals surface area (Å²) < 4.78 is 23.0. The van der Waals surface area contributed by atoms with E-state index < -0.39 is 27.2 Å². The van der Waals surface area contributed by atoms with Crippen molar-refractivity contribution in [2.24, 2.45) is 5.41 Å². The van der Waals surface area contributed by atoms with Gasteiger partial charge in [-0.1, -0.05) is 68.2 Å². The second-order valence-corrected chi connectivity index (χ2v) is 13.9. The summed E-state index contributed by atoms with van der Waals surface area (Å²) in [4.78, 5) is 13.6. The Morgan fingerprint density at radius 1 is 1.14 bits per heavy atom. The average molecular weight is 551 g/mol. The molecule has 1 amide bonds. The van der Waals surface area contributed by atoms with Gasteiger partial charge in [0.05, 0.1) is 17.9 Å². The molecule has 4 unspecified atom stereocenters. The van der Waals surface area contributed by atoms with Crippen LogP contribution >= 0.6 is 23.2 Å². The lowest BCUT2D eigenvalue weighted by Crippen LogP contribution is -2.46. The SMILES string of the molecule is CC(C)(C)CC1NC(C(=O)NCCCS(C)(=O)=O)C(c2cccc(Cl)c2)C1(C#N)c1ccc(Cl)cc1. The maximum Gasteiger partial charge on any atom is 0.237 e. The summed E-state index contributed by atoms with van der Waals surface area (Å²) in [6, 6.07) is 16.0. The topological polar surface area (TPSA) is 99.1 Å². The number of nitriles is 1. The van der Waals surface area contributed by atoms with Crippen molar-refractivity contribution < 1.29 is 13.2 Å². The normalized spacial score (nSPS) is 24.3. The van der Waals surface area contributed by atoms with E-state index in [1.165, 1.54) is 6.26 Å². The number of hydrogen-bond acceptors (Lipinski definition) is 5. The number of hydrogen-bond donors (Lipinski definition) is 2. The molecule has 0 spiro atoms. The molecule has 2 N–H and O–H groups in total. The molecule has 6 nitrogen and oxygen atoms in total. The molecule has 1 saturated heterocycles. The van der Waals surface area contributed by atoms with Crippen LogP contribution in [-0.2, 0) is 20.0 Å². The van der Waals surface area contributed by atoms with Crippen LogP contribution in [0, 0.1) is 16.7 Å². The Morgan fingerprint density at radius 2 is 1.81 bits per heavy atom. The number of rotatable bonds is 8. The van der Waals surface area contributed by atoms with Gasteiger partial charge in [0.1, 0.15) is 15.3 Å². The van der Waals surface area contributed by atoms with Crippen molar-refractivity contribution in [3.8, 4) is 6.07 Å². The highest BCUT2D eigenvalue weighted by Gasteiger charge is 2.59. The molecular formula is C27H33Cl2N3O3S. The summed E-state index contributed by atoms with van der Waals surface area (Å²) in [5.74, 6) is -0.842. The summed E-state index contributed by atoms with van der Waals surface area (Å²) >= 11 is 12.5. The molecule has 9 heteroatoms. The van der Waals surface area contributed by atoms with Gasteiger partial charge in [0.15, 0.2) is 0 Å². The van der Waals surface area contributed by atoms with Gasteiger partial charge in [-0.15, -0.1) is 0 Å². The van der Waals surface area contributed by atoms with Crippen molar-refractivity contribution in [1.29, 1.82) is 5.26 Å². The number of benzene rings is 2. The first-order valence-corrected chi connectivity index (χ1v) is 14.7. The fraction of sp³-hybridized carbons (Fsp3) is 0.481. The highest BCUT2D eigenvalue weighted by molar-refractivity contribution is 7.90. The van der Waals surface area contributed by atoms with E-state index in [0.717, 1.165) is 11.1 Å². The third kappa shape index (κ3) is 6.60. The van der Waals surface area contributed by atoms with Gasteiger partial charge in [-0.05, 0) is 53.6 Å². The number of nitrogens with one attached hydrogen (secondary N) is 2. The number of halogens is 2. The minimum Gasteiger partial charge on any atom is -0.355 e. The molecule has 1 fully saturated rings. The smallest absolute Gasteiger partial charge is 0.237 e. The first-order chi connectivity index (χ1) is 16.8. The van der Waals surface area contributed by atoms with Crippen molar-refractivity contribution in [3.63, 3.8) is 0 Å². The van der Waals surface area contributed by atoms with Gasteiger partial charge in [0, 0.05) is 34.8 Å². The number of carbonyl (C=O) groups is 1. The van der Waals surface area contributed by atoms with Gasteiger partial charge >= 0.3 is 0 Å². The minimum absolute atomic E-state index is 0.0113. The zero-order valence-corrected chi connectivity index (χ0v) is 23.3. The van der Waals surface area contributed by atoms with Crippen LogP contribution < -0.4 is 10.6 Å². The summed E-state index contributed by atoms with van der Waals surface area (Å²) in [5.41, 5.74) is 0.330. The Morgan fingerprint density at radius 3 is 2.36 bits per heavy atom. The first kappa shape index (κ1) is 28.5. The van der Waals surface area contributed by atoms with Crippen molar-refractivity contribution >= 4 is 38.9 Å². The molecule has 3 rings (SSSR count). The molecule has 1 aliphatic rings. The first-order valence-electron chi connectivity index (χ1n) is 11.9. The molecule has 2 aromatic carbocycles. The maximum atomic E-state index is 13.6. The average Bonchev–Trinajstić information content (AvgIpc) is 3.09. The molecule has 0 saturated carbocycles. The molecule has 2 aromatic rings. The molecule has 36 heavy (non-hydrogen) atoms. The lowest BCUT2D eigenvalue weighted by molar-refractivity contribution is -0.123. The van der Waals surface area contributed by atoms with E-state index in [4.69, 9.17) is 23.2 Å². The second kappa shape index (κ2) is 11.1. The van der Waals surface area contributed by atoms with Crippen LogP contribution in [0.25, 0.3) is 0 Å². The Kier molecular flexibility index (Phi) is 8.78. The molecule has 0 radical (unpaired) electrons. The molecule has 0 aliphatic carbocycles. The lowest BCUT2D eigenvalue weighted by Gasteiger charge is -2.37. The standard InChI is InChI=1S/C27H33Cl2N3O3S/c1-26(2,3)16-22-27(17-30,19-9-11-20(28)12-10-19)23(18-7-5-8-21(29)15-18)24(32-22)25(33)31-13-6-14-36(4,34)35/h5,7-12,15,22-24,32H,6,13-14,16H2,1-4H3,(H,31,33). The van der Waals surface area contributed by atoms with E-state index in [0.29, 0.717) is 22.9 Å². The molecule has 0 bridgehead atoms. The van der Waals surface area contributed by atoms with E-state index >= 15 is 0 Å². The number of nitrogens with zero attached hydrogens (tertiary/aromatic N) is 1. The van der Waals surface area contributed by atoms with Crippen molar-refractivity contribution in [3.05, 3.63) is 69.7 Å². The van der Waals surface area contributed by atoms with E-state index in [9.17, 15) is 18.5 Å². The van der Waals surface area contributed by atoms with Gasteiger partial charge in [-0.2, -0.15) is 5.26 Å². The molecule has 4 atom stereocenters. The number of carbonyl (C=O) groups excluding carboxylic acids is 1. The summed E-state index contributed by atoms with van der Waals surface area (Å²) in [6.45, 7) is 6.53. The van der Waals surface area contributed by atoms with Gasteiger partial charge in [-0.3, -0.25) is 4.79 Å². The Labute approximate surface area is 224 Å². The fourth-order valence-electron chi connectivity index (χ4n) is 5.11. The molecule has 1 aliphatic heterocycles. The second-order valence-electron chi connectivity index (χ2n) is 10.8. The summed E-state index contributed by atoms with van der Waals surface area (Å²) in [7, 11) is -3.13. The summed E-state index contributed by atoms with van der Waals surface area (Å²) in [6.07, 6.45) is 2.12. The van der Waals surface area contributed by atoms with Crippen LogP contribution in [0.1, 0.15) is 50.7 Å². The van der Waals surface area contributed by atoms with Crippen LogP contribution in [0.4, 0.5) is 0 Å². The van der Waals surface area contributed by atoms with Crippen molar-refractivity contribution in [2.75, 3.05) is 18.6 Å². The zero-order chi connectivity index (χ0) is 26.7. The largest absolute Gasteiger partial charge is 0.355 e. The minimum atomic E-state index is -3.13. The van der Waals surface area contributed by atoms with Crippen LogP contribution in [0.5, 0.6) is 0 Å². The summed E-state index contributed by atoms with van der Waals surface area (Å²) in [5, 5.41) is 18.3. The zero-order valence-electron chi connectivity index (χ0n) is 21.0. The Bertz CT molecular complexity index is 1240. The van der Waals surface area contributed by atoms with Gasteiger partial charge in [0.2, 0.25) is 5.91 Å². The van der Waals surface area contributed by atoms with Crippen LogP contribution in [0.2, 0.25) is 10.0 Å². The quantitative estimate of drug-likeness (QED) is 0.457. The lowest BCUT2D eigenvalue weighted by atomic mass is 9.63. The monoisotopic (exact) mass is 549 g/mol. The van der Waals surface area contributed by atoms with Crippen molar-refractivity contribution in [2.45, 2.75) is 57.0 Å². The van der Waals surface area contributed by atoms with Crippen LogP contribution in [0.3, 0.4) is 0 Å². The van der Waals surface area contributed by atoms with Crippen LogP contribution in [-0.4, -0.2) is 45.0 Å². The van der Waals surface area contributed by atoms with Gasteiger partial charge < -0.3 is 10.6 Å². The Hall–Kier alpha value is -2.11. The van der Waals surface area contributed by atoms with Crippen LogP contribution in [0.15, 0.2) is 48.5 Å². The van der Waals surface area contributed by atoms with E-state index in [2.05, 4.69) is 37.5 Å². The highest BCUT2D eigenvalue weighted by atomic mass is 35.5.